The lowest BCUT2D eigenvalue weighted by atomic mass is 9.96. The molecule has 1 heterocycles. The molecule has 0 aliphatic heterocycles. The Bertz CT molecular complexity index is 708. The minimum Gasteiger partial charge on any atom is -0.355 e. The van der Waals surface area contributed by atoms with E-state index in [1.54, 1.807) is 0 Å². The van der Waals surface area contributed by atoms with Gasteiger partial charge in [0, 0.05) is 12.0 Å². The summed E-state index contributed by atoms with van der Waals surface area (Å²) in [7, 11) is 0. The van der Waals surface area contributed by atoms with Crippen molar-refractivity contribution in [3.63, 3.8) is 0 Å². The normalized spacial score (nSPS) is 14.1. The molecule has 0 aliphatic rings. The van der Waals surface area contributed by atoms with Crippen molar-refractivity contribution in [2.75, 3.05) is 12.4 Å². The average molecular weight is 362 g/mol. The van der Waals surface area contributed by atoms with Crippen LogP contribution in [0, 0.1) is 0 Å². The molecule has 0 aliphatic carbocycles. The minimum atomic E-state index is -0.303. The Kier molecular flexibility index (Phi) is 6.11. The third-order valence-corrected chi connectivity index (χ3v) is 4.99. The number of hydrogen-bond donors (Lipinski definition) is 2. The number of aromatic nitrogens is 3. The lowest BCUT2D eigenvalue weighted by Gasteiger charge is -2.17. The number of nitrogens with one attached hydrogen (secondary N) is 1. The van der Waals surface area contributed by atoms with Gasteiger partial charge in [0.2, 0.25) is 11.1 Å². The summed E-state index contributed by atoms with van der Waals surface area (Å²) in [5.41, 5.74) is 1.01. The SMILES string of the molecule is CC(Sc1nnc(C(C)(C)C)n1N)C(=O)NCC(C)c1ccccc1. The molecule has 0 bridgehead atoms. The van der Waals surface area contributed by atoms with E-state index in [1.807, 2.05) is 45.9 Å². The van der Waals surface area contributed by atoms with E-state index < -0.39 is 0 Å². The number of thioether (sulfide) groups is 1. The van der Waals surface area contributed by atoms with E-state index in [0.717, 1.165) is 0 Å². The van der Waals surface area contributed by atoms with Crippen LogP contribution in [0.1, 0.15) is 51.9 Å². The highest BCUT2D eigenvalue weighted by Crippen LogP contribution is 2.25. The molecule has 3 N–H and O–H groups in total. The largest absolute Gasteiger partial charge is 0.355 e. The zero-order valence-corrected chi connectivity index (χ0v) is 16.3. The number of carbonyl (C=O) groups excluding carboxylic acids is 1. The molecule has 7 heteroatoms. The van der Waals surface area contributed by atoms with Gasteiger partial charge in [0.15, 0.2) is 5.82 Å². The molecule has 25 heavy (non-hydrogen) atoms. The molecule has 2 unspecified atom stereocenters. The molecule has 1 aromatic carbocycles. The molecule has 2 atom stereocenters. The quantitative estimate of drug-likeness (QED) is 0.610. The van der Waals surface area contributed by atoms with Gasteiger partial charge in [-0.05, 0) is 18.4 Å². The van der Waals surface area contributed by atoms with E-state index in [9.17, 15) is 4.79 Å². The van der Waals surface area contributed by atoms with E-state index in [2.05, 4.69) is 34.6 Å². The van der Waals surface area contributed by atoms with E-state index in [4.69, 9.17) is 5.84 Å². The zero-order chi connectivity index (χ0) is 18.6. The summed E-state index contributed by atoms with van der Waals surface area (Å²) in [4.78, 5) is 12.4. The molecule has 136 valence electrons. The summed E-state index contributed by atoms with van der Waals surface area (Å²) in [6, 6.07) is 10.1. The van der Waals surface area contributed by atoms with E-state index in [1.165, 1.54) is 22.0 Å². The van der Waals surface area contributed by atoms with Crippen LogP contribution in [0.25, 0.3) is 0 Å². The molecule has 2 rings (SSSR count). The Morgan fingerprint density at radius 1 is 1.24 bits per heavy atom. The molecular weight excluding hydrogens is 334 g/mol. The van der Waals surface area contributed by atoms with Gasteiger partial charge in [0.05, 0.1) is 5.25 Å². The van der Waals surface area contributed by atoms with Crippen LogP contribution in [-0.4, -0.2) is 32.6 Å². The standard InChI is InChI=1S/C18H27N5OS/c1-12(14-9-7-6-8-10-14)11-20-15(24)13(2)25-17-22-21-16(23(17)19)18(3,4)5/h6-10,12-13H,11,19H2,1-5H3,(H,20,24). The number of nitrogen functional groups attached to an aromatic ring is 1. The summed E-state index contributed by atoms with van der Waals surface area (Å²) < 4.78 is 1.47. The Hall–Kier alpha value is -2.02. The molecule has 0 saturated heterocycles. The molecule has 1 amide bonds. The first-order valence-corrected chi connectivity index (χ1v) is 9.28. The van der Waals surface area contributed by atoms with Crippen LogP contribution in [0.4, 0.5) is 0 Å². The van der Waals surface area contributed by atoms with Gasteiger partial charge < -0.3 is 11.2 Å². The highest BCUT2D eigenvalue weighted by Gasteiger charge is 2.25. The van der Waals surface area contributed by atoms with Gasteiger partial charge >= 0.3 is 0 Å². The van der Waals surface area contributed by atoms with Crippen molar-refractivity contribution in [1.82, 2.24) is 20.2 Å². The molecule has 2 aromatic rings. The first kappa shape index (κ1) is 19.3. The summed E-state index contributed by atoms with van der Waals surface area (Å²) in [6.07, 6.45) is 0. The second-order valence-electron chi connectivity index (χ2n) is 7.24. The predicted octanol–water partition coefficient (Wildman–Crippen LogP) is 2.69. The van der Waals surface area contributed by atoms with Gasteiger partial charge in [-0.2, -0.15) is 0 Å². The molecule has 0 radical (unpaired) electrons. The first-order chi connectivity index (χ1) is 11.7. The summed E-state index contributed by atoms with van der Waals surface area (Å²) in [5, 5.41) is 11.5. The number of nitrogens with two attached hydrogens (primary N) is 1. The molecule has 6 nitrogen and oxygen atoms in total. The third kappa shape index (κ3) is 4.98. The summed E-state index contributed by atoms with van der Waals surface area (Å²) >= 11 is 1.32. The minimum absolute atomic E-state index is 0.0342. The Morgan fingerprint density at radius 2 is 1.88 bits per heavy atom. The lowest BCUT2D eigenvalue weighted by molar-refractivity contribution is -0.120. The molecular formula is C18H27N5OS. The average Bonchev–Trinajstić information content (AvgIpc) is 2.94. The Morgan fingerprint density at radius 3 is 2.44 bits per heavy atom. The number of carbonyl (C=O) groups is 1. The first-order valence-electron chi connectivity index (χ1n) is 8.40. The predicted molar refractivity (Wildman–Crippen MR) is 102 cm³/mol. The van der Waals surface area contributed by atoms with Crippen molar-refractivity contribution in [1.29, 1.82) is 0 Å². The van der Waals surface area contributed by atoms with Crippen molar-refractivity contribution in [2.24, 2.45) is 0 Å². The maximum atomic E-state index is 12.4. The third-order valence-electron chi connectivity index (χ3n) is 3.94. The van der Waals surface area contributed by atoms with E-state index in [-0.39, 0.29) is 22.5 Å². The highest BCUT2D eigenvalue weighted by molar-refractivity contribution is 8.00. The van der Waals surface area contributed by atoms with Gasteiger partial charge in [-0.15, -0.1) is 10.2 Å². The number of hydrogen-bond acceptors (Lipinski definition) is 5. The van der Waals surface area contributed by atoms with Crippen LogP contribution in [0.2, 0.25) is 0 Å². The van der Waals surface area contributed by atoms with Crippen LogP contribution < -0.4 is 11.2 Å². The fourth-order valence-corrected chi connectivity index (χ4v) is 3.17. The van der Waals surface area contributed by atoms with Crippen LogP contribution >= 0.6 is 11.8 Å². The van der Waals surface area contributed by atoms with Crippen molar-refractivity contribution in [3.8, 4) is 0 Å². The van der Waals surface area contributed by atoms with Crippen LogP contribution in [-0.2, 0) is 10.2 Å². The number of benzene rings is 1. The monoisotopic (exact) mass is 361 g/mol. The van der Waals surface area contributed by atoms with E-state index >= 15 is 0 Å². The second-order valence-corrected chi connectivity index (χ2v) is 8.55. The molecule has 0 fully saturated rings. The van der Waals surface area contributed by atoms with Crippen molar-refractivity contribution >= 4 is 17.7 Å². The molecule has 0 spiro atoms. The van der Waals surface area contributed by atoms with E-state index in [0.29, 0.717) is 17.5 Å². The fraction of sp³-hybridized carbons (Fsp3) is 0.500. The summed E-state index contributed by atoms with van der Waals surface area (Å²) in [5.74, 6) is 6.99. The smallest absolute Gasteiger partial charge is 0.233 e. The second kappa shape index (κ2) is 7.91. The van der Waals surface area contributed by atoms with Gasteiger partial charge in [-0.3, -0.25) is 4.79 Å². The number of rotatable bonds is 6. The topological polar surface area (TPSA) is 85.8 Å². The van der Waals surface area contributed by atoms with Crippen molar-refractivity contribution < 1.29 is 4.79 Å². The lowest BCUT2D eigenvalue weighted by Crippen LogP contribution is -2.34. The highest BCUT2D eigenvalue weighted by atomic mass is 32.2. The van der Waals surface area contributed by atoms with Gasteiger partial charge in [-0.25, -0.2) is 4.68 Å². The Labute approximate surface area is 153 Å². The number of nitrogens with zero attached hydrogens (tertiary/aromatic N) is 3. The van der Waals surface area contributed by atoms with Crippen molar-refractivity contribution in [3.05, 3.63) is 41.7 Å². The van der Waals surface area contributed by atoms with Crippen LogP contribution in [0.5, 0.6) is 0 Å². The maximum Gasteiger partial charge on any atom is 0.233 e. The van der Waals surface area contributed by atoms with Crippen LogP contribution in [0.3, 0.4) is 0 Å². The van der Waals surface area contributed by atoms with Gasteiger partial charge in [-0.1, -0.05) is 69.8 Å². The van der Waals surface area contributed by atoms with Crippen LogP contribution in [0.15, 0.2) is 35.5 Å². The molecule has 0 saturated carbocycles. The maximum absolute atomic E-state index is 12.4. The molecule has 1 aromatic heterocycles. The zero-order valence-electron chi connectivity index (χ0n) is 15.5. The summed E-state index contributed by atoms with van der Waals surface area (Å²) in [6.45, 7) is 10.6. The Balaban J connectivity index is 1.92. The number of amides is 1. The van der Waals surface area contributed by atoms with Gasteiger partial charge in [0.1, 0.15) is 0 Å². The van der Waals surface area contributed by atoms with Gasteiger partial charge in [0.25, 0.3) is 0 Å². The van der Waals surface area contributed by atoms with Crippen molar-refractivity contribution in [2.45, 2.75) is 56.4 Å². The fourth-order valence-electron chi connectivity index (χ4n) is 2.38.